The smallest absolute Gasteiger partial charge is 0.224 e. The summed E-state index contributed by atoms with van der Waals surface area (Å²) in [4.78, 5) is 21.5. The molecular weight excluding hydrogens is 467 g/mol. The van der Waals surface area contributed by atoms with Crippen molar-refractivity contribution < 1.29 is 9.59 Å². The minimum Gasteiger partial charge on any atom is -0.294 e. The Balaban J connectivity index is 0.000000148. The van der Waals surface area contributed by atoms with Crippen molar-refractivity contribution >= 4 is 54.5 Å². The third kappa shape index (κ3) is 8.30. The maximum absolute atomic E-state index is 11.5. The lowest BCUT2D eigenvalue weighted by Gasteiger charge is -1.97. The van der Waals surface area contributed by atoms with Crippen molar-refractivity contribution in [2.45, 2.75) is 25.7 Å². The Bertz CT molecular complexity index is 693. The van der Waals surface area contributed by atoms with E-state index in [4.69, 9.17) is 11.6 Å². The van der Waals surface area contributed by atoms with Gasteiger partial charge in [-0.3, -0.25) is 9.59 Å². The van der Waals surface area contributed by atoms with Crippen LogP contribution < -0.4 is 0 Å². The number of ketones is 1. The molecule has 0 heterocycles. The van der Waals surface area contributed by atoms with Crippen molar-refractivity contribution in [1.82, 2.24) is 0 Å². The van der Waals surface area contributed by atoms with Gasteiger partial charge in [0, 0.05) is 26.3 Å². The van der Waals surface area contributed by atoms with Gasteiger partial charge in [0.15, 0.2) is 5.78 Å². The first kappa shape index (κ1) is 20.3. The van der Waals surface area contributed by atoms with Gasteiger partial charge in [0.2, 0.25) is 5.24 Å². The Morgan fingerprint density at radius 1 is 0.760 bits per heavy atom. The molecule has 2 saturated carbocycles. The van der Waals surface area contributed by atoms with Gasteiger partial charge in [0.1, 0.15) is 0 Å². The molecule has 25 heavy (non-hydrogen) atoms. The van der Waals surface area contributed by atoms with Crippen LogP contribution in [0, 0.1) is 11.8 Å². The normalized spacial score (nSPS) is 15.2. The molecule has 0 aliphatic heterocycles. The van der Waals surface area contributed by atoms with Gasteiger partial charge in [-0.15, -0.1) is 0 Å². The highest BCUT2D eigenvalue weighted by atomic mass is 79.9. The highest BCUT2D eigenvalue weighted by Gasteiger charge is 2.30. The van der Waals surface area contributed by atoms with Crippen LogP contribution in [0.5, 0.6) is 0 Å². The predicted molar refractivity (Wildman–Crippen MR) is 109 cm³/mol. The first-order chi connectivity index (χ1) is 12.0. The van der Waals surface area contributed by atoms with Crippen LogP contribution in [0.2, 0.25) is 0 Å². The number of benzene rings is 2. The van der Waals surface area contributed by atoms with E-state index >= 15 is 0 Å². The van der Waals surface area contributed by atoms with Crippen molar-refractivity contribution in [1.29, 1.82) is 0 Å². The fourth-order valence-corrected chi connectivity index (χ4v) is 2.71. The largest absolute Gasteiger partial charge is 0.294 e. The van der Waals surface area contributed by atoms with Crippen molar-refractivity contribution in [3.63, 3.8) is 0 Å². The van der Waals surface area contributed by atoms with Gasteiger partial charge in [0.25, 0.3) is 0 Å². The third-order valence-corrected chi connectivity index (χ3v) is 5.07. The van der Waals surface area contributed by atoms with Crippen LogP contribution >= 0.6 is 43.5 Å². The molecule has 2 aromatic rings. The Hall–Kier alpha value is -0.970. The van der Waals surface area contributed by atoms with Gasteiger partial charge >= 0.3 is 0 Å². The molecule has 0 aromatic heterocycles. The molecule has 0 amide bonds. The van der Waals surface area contributed by atoms with Gasteiger partial charge in [0.05, 0.1) is 0 Å². The summed E-state index contributed by atoms with van der Waals surface area (Å²) in [5.41, 5.74) is 0.848. The number of halogens is 3. The summed E-state index contributed by atoms with van der Waals surface area (Å²) in [5.74, 6) is 0.861. The zero-order chi connectivity index (χ0) is 18.2. The van der Waals surface area contributed by atoms with Crippen LogP contribution in [0.4, 0.5) is 0 Å². The van der Waals surface area contributed by atoms with Crippen LogP contribution in [-0.4, -0.2) is 11.0 Å². The topological polar surface area (TPSA) is 34.1 Å². The second-order valence-electron chi connectivity index (χ2n) is 6.02. The molecule has 2 aliphatic rings. The molecule has 4 rings (SSSR count). The second kappa shape index (κ2) is 10.2. The Morgan fingerprint density at radius 3 is 1.56 bits per heavy atom. The summed E-state index contributed by atoms with van der Waals surface area (Å²) in [7, 11) is 0. The highest BCUT2D eigenvalue weighted by molar-refractivity contribution is 9.10. The second-order valence-corrected chi connectivity index (χ2v) is 8.22. The minimum atomic E-state index is -0.157. The van der Waals surface area contributed by atoms with Crippen LogP contribution in [-0.2, 0) is 4.79 Å². The van der Waals surface area contributed by atoms with Gasteiger partial charge < -0.3 is 0 Å². The Labute approximate surface area is 170 Å². The molecule has 0 bridgehead atoms. The van der Waals surface area contributed by atoms with Crippen LogP contribution in [0.3, 0.4) is 0 Å². The molecule has 0 saturated heterocycles. The third-order valence-electron chi connectivity index (χ3n) is 3.71. The molecule has 0 N–H and O–H groups in total. The molecule has 2 fully saturated rings. The van der Waals surface area contributed by atoms with E-state index in [1.54, 1.807) is 0 Å². The van der Waals surface area contributed by atoms with Gasteiger partial charge in [-0.1, -0.05) is 62.2 Å². The summed E-state index contributed by atoms with van der Waals surface area (Å²) in [5, 5.41) is -0.157. The zero-order valence-electron chi connectivity index (χ0n) is 13.6. The molecule has 0 atom stereocenters. The summed E-state index contributed by atoms with van der Waals surface area (Å²) in [6.45, 7) is 0. The van der Waals surface area contributed by atoms with E-state index in [1.807, 2.05) is 54.6 Å². The lowest BCUT2D eigenvalue weighted by molar-refractivity contribution is -0.112. The monoisotopic (exact) mass is 484 g/mol. The van der Waals surface area contributed by atoms with E-state index in [1.165, 1.54) is 0 Å². The Kier molecular flexibility index (Phi) is 8.34. The molecular formula is C20H19Br2ClO2. The van der Waals surface area contributed by atoms with E-state index in [0.29, 0.717) is 11.7 Å². The number of carbonyl (C=O) groups is 2. The maximum atomic E-state index is 11.5. The van der Waals surface area contributed by atoms with Gasteiger partial charge in [-0.2, -0.15) is 0 Å². The van der Waals surface area contributed by atoms with E-state index < -0.39 is 0 Å². The first-order valence-corrected chi connectivity index (χ1v) is 10.1. The van der Waals surface area contributed by atoms with Crippen molar-refractivity contribution in [3.05, 3.63) is 69.1 Å². The quantitative estimate of drug-likeness (QED) is 0.359. The van der Waals surface area contributed by atoms with Crippen LogP contribution in [0.15, 0.2) is 63.5 Å². The summed E-state index contributed by atoms with van der Waals surface area (Å²) in [6, 6.07) is 17.6. The zero-order valence-corrected chi connectivity index (χ0v) is 17.6. The number of hydrogen-bond donors (Lipinski definition) is 0. The van der Waals surface area contributed by atoms with E-state index in [0.717, 1.165) is 40.2 Å². The Morgan fingerprint density at radius 2 is 1.24 bits per heavy atom. The number of carbonyl (C=O) groups excluding carboxylic acids is 2. The van der Waals surface area contributed by atoms with E-state index in [2.05, 4.69) is 31.9 Å². The van der Waals surface area contributed by atoms with E-state index in [-0.39, 0.29) is 11.2 Å². The maximum Gasteiger partial charge on any atom is 0.224 e. The summed E-state index contributed by atoms with van der Waals surface area (Å²) < 4.78 is 2.16. The van der Waals surface area contributed by atoms with Gasteiger partial charge in [-0.25, -0.2) is 0 Å². The lowest BCUT2D eigenvalue weighted by atomic mass is 10.1. The molecule has 0 spiro atoms. The minimum absolute atomic E-state index is 0.157. The SMILES string of the molecule is Brc1ccccc1.O=C(Cl)C1CC1.O=C(c1ccc(Br)cc1)C1CC1. The summed E-state index contributed by atoms with van der Waals surface area (Å²) >= 11 is 11.7. The predicted octanol–water partition coefficient (Wildman–Crippen LogP) is 6.65. The molecule has 132 valence electrons. The van der Waals surface area contributed by atoms with E-state index in [9.17, 15) is 9.59 Å². The molecule has 2 aliphatic carbocycles. The standard InChI is InChI=1S/C10H9BrO.C6H5Br.C4H5ClO/c11-9-5-3-8(4-6-9)10(12)7-1-2-7;7-6-4-2-1-3-5-6;5-4(6)3-1-2-3/h3-7H,1-2H2;1-5H;3H,1-2H2. The molecule has 5 heteroatoms. The average molecular weight is 487 g/mol. The molecule has 0 unspecified atom stereocenters. The molecule has 0 radical (unpaired) electrons. The van der Waals surface area contributed by atoms with Crippen LogP contribution in [0.25, 0.3) is 0 Å². The fourth-order valence-electron chi connectivity index (χ4n) is 1.92. The van der Waals surface area contributed by atoms with Crippen molar-refractivity contribution in [3.8, 4) is 0 Å². The highest BCUT2D eigenvalue weighted by Crippen LogP contribution is 2.32. The van der Waals surface area contributed by atoms with Crippen molar-refractivity contribution in [2.24, 2.45) is 11.8 Å². The number of hydrogen-bond acceptors (Lipinski definition) is 2. The first-order valence-electron chi connectivity index (χ1n) is 8.17. The fraction of sp³-hybridized carbons (Fsp3) is 0.300. The lowest BCUT2D eigenvalue weighted by Crippen LogP contribution is -1.99. The summed E-state index contributed by atoms with van der Waals surface area (Å²) in [6.07, 6.45) is 4.19. The van der Waals surface area contributed by atoms with Gasteiger partial charge in [-0.05, 0) is 61.5 Å². The molecule has 2 nitrogen and oxygen atoms in total. The van der Waals surface area contributed by atoms with Crippen molar-refractivity contribution in [2.75, 3.05) is 0 Å². The molecule has 2 aromatic carbocycles. The average Bonchev–Trinajstić information content (AvgIpc) is 3.50. The van der Waals surface area contributed by atoms with Crippen LogP contribution in [0.1, 0.15) is 36.0 Å². The number of Topliss-reactive ketones (excluding diaryl/α,β-unsaturated/α-hetero) is 1. The number of rotatable bonds is 3.